The highest BCUT2D eigenvalue weighted by Crippen LogP contribution is 2.10. The van der Waals surface area contributed by atoms with E-state index in [2.05, 4.69) is 19.2 Å². The first kappa shape index (κ1) is 25.5. The number of unbranched alkanes of at least 4 members (excludes halogenated alkanes) is 9. The molecule has 1 unspecified atom stereocenters. The Balaban J connectivity index is -0.00000144. The Morgan fingerprint density at radius 2 is 1.20 bits per heavy atom. The Morgan fingerprint density at radius 3 is 1.65 bits per heavy atom. The summed E-state index contributed by atoms with van der Waals surface area (Å²) in [5.74, 6) is 0. The van der Waals surface area contributed by atoms with Gasteiger partial charge in [-0.05, 0) is 32.9 Å². The molecule has 0 saturated carbocycles. The Hall–Kier alpha value is 0.500. The van der Waals surface area contributed by atoms with Crippen LogP contribution in [-0.2, 0) is 0 Å². The minimum Gasteiger partial charge on any atom is -0.328 e. The molecule has 0 fully saturated rings. The second-order valence-electron chi connectivity index (χ2n) is 5.70. The molecule has 0 spiro atoms. The zero-order valence-corrected chi connectivity index (χ0v) is 15.3. The molecule has 1 atom stereocenters. The van der Waals surface area contributed by atoms with Crippen LogP contribution in [0.3, 0.4) is 0 Å². The number of rotatable bonds is 14. The molecule has 2 nitrogen and oxygen atoms in total. The van der Waals surface area contributed by atoms with Crippen molar-refractivity contribution in [2.45, 2.75) is 90.5 Å². The van der Waals surface area contributed by atoms with Gasteiger partial charge in [-0.25, -0.2) is 0 Å². The molecule has 0 bridgehead atoms. The third-order valence-electron chi connectivity index (χ3n) is 3.48. The predicted octanol–water partition coefficient (Wildman–Crippen LogP) is 5.08. The maximum atomic E-state index is 5.69. The van der Waals surface area contributed by atoms with Gasteiger partial charge in [0.1, 0.15) is 0 Å². The average Bonchev–Trinajstić information content (AvgIpc) is 2.34. The van der Waals surface area contributed by atoms with Crippen LogP contribution in [0.25, 0.3) is 0 Å². The van der Waals surface area contributed by atoms with Gasteiger partial charge in [-0.2, -0.15) is 0 Å². The largest absolute Gasteiger partial charge is 0.328 e. The summed E-state index contributed by atoms with van der Waals surface area (Å²) in [4.78, 5) is 0. The van der Waals surface area contributed by atoms with Gasteiger partial charge in [-0.15, -0.1) is 24.8 Å². The molecule has 0 aliphatic rings. The van der Waals surface area contributed by atoms with Crippen molar-refractivity contribution in [1.29, 1.82) is 0 Å². The molecule has 0 aliphatic heterocycles. The number of halogens is 2. The lowest BCUT2D eigenvalue weighted by atomic mass is 10.1. The van der Waals surface area contributed by atoms with Crippen LogP contribution in [0.1, 0.15) is 84.5 Å². The Labute approximate surface area is 139 Å². The fourth-order valence-electron chi connectivity index (χ4n) is 2.19. The second kappa shape index (κ2) is 21.8. The first-order valence-corrected chi connectivity index (χ1v) is 8.23. The van der Waals surface area contributed by atoms with Crippen molar-refractivity contribution in [2.24, 2.45) is 5.73 Å². The molecular formula is C16H38Cl2N2. The predicted molar refractivity (Wildman–Crippen MR) is 97.5 cm³/mol. The van der Waals surface area contributed by atoms with E-state index in [1.54, 1.807) is 0 Å². The van der Waals surface area contributed by atoms with E-state index in [4.69, 9.17) is 5.73 Å². The smallest absolute Gasteiger partial charge is 0.00225 e. The Kier molecular flexibility index (Phi) is 27.7. The van der Waals surface area contributed by atoms with Crippen LogP contribution >= 0.6 is 24.8 Å². The van der Waals surface area contributed by atoms with Crippen molar-refractivity contribution in [1.82, 2.24) is 5.32 Å². The van der Waals surface area contributed by atoms with Crippen LogP contribution in [0.5, 0.6) is 0 Å². The van der Waals surface area contributed by atoms with E-state index in [0.717, 1.165) is 13.0 Å². The summed E-state index contributed by atoms with van der Waals surface area (Å²) in [6.07, 6.45) is 15.2. The van der Waals surface area contributed by atoms with Gasteiger partial charge in [-0.3, -0.25) is 0 Å². The van der Waals surface area contributed by atoms with E-state index in [9.17, 15) is 0 Å². The van der Waals surface area contributed by atoms with Gasteiger partial charge in [0.15, 0.2) is 0 Å². The van der Waals surface area contributed by atoms with Crippen molar-refractivity contribution in [3.63, 3.8) is 0 Å². The lowest BCUT2D eigenvalue weighted by molar-refractivity contribution is 0.532. The molecule has 0 radical (unpaired) electrons. The van der Waals surface area contributed by atoms with Crippen LogP contribution in [0, 0.1) is 0 Å². The molecule has 126 valence electrons. The minimum absolute atomic E-state index is 0. The second-order valence-corrected chi connectivity index (χ2v) is 5.70. The van der Waals surface area contributed by atoms with Gasteiger partial charge in [0.2, 0.25) is 0 Å². The molecule has 20 heavy (non-hydrogen) atoms. The highest BCUT2D eigenvalue weighted by atomic mass is 35.5. The lowest BCUT2D eigenvalue weighted by Gasteiger charge is -2.06. The first-order chi connectivity index (χ1) is 8.77. The summed E-state index contributed by atoms with van der Waals surface area (Å²) in [5.41, 5.74) is 5.69. The summed E-state index contributed by atoms with van der Waals surface area (Å²) in [6.45, 7) is 6.60. The van der Waals surface area contributed by atoms with Crippen LogP contribution < -0.4 is 11.1 Å². The van der Waals surface area contributed by atoms with Crippen molar-refractivity contribution in [2.75, 3.05) is 13.1 Å². The van der Waals surface area contributed by atoms with Crippen molar-refractivity contribution in [3.05, 3.63) is 0 Å². The number of nitrogens with one attached hydrogen (secondary N) is 1. The van der Waals surface area contributed by atoms with Gasteiger partial charge in [0.25, 0.3) is 0 Å². The summed E-state index contributed by atoms with van der Waals surface area (Å²) < 4.78 is 0. The molecule has 0 aliphatic carbocycles. The van der Waals surface area contributed by atoms with Crippen LogP contribution in [0.15, 0.2) is 0 Å². The van der Waals surface area contributed by atoms with Gasteiger partial charge < -0.3 is 11.1 Å². The maximum absolute atomic E-state index is 5.69. The molecule has 0 amide bonds. The third-order valence-corrected chi connectivity index (χ3v) is 3.48. The van der Waals surface area contributed by atoms with Gasteiger partial charge in [0, 0.05) is 6.04 Å². The maximum Gasteiger partial charge on any atom is 0.00225 e. The highest BCUT2D eigenvalue weighted by Gasteiger charge is 1.94. The van der Waals surface area contributed by atoms with Crippen molar-refractivity contribution in [3.8, 4) is 0 Å². The standard InChI is InChI=1S/C16H36N2.2ClH/c1-3-4-5-6-7-8-9-10-11-12-14-18-15-13-16(2)17;;/h16,18H,3-15,17H2,1-2H3;2*1H. The molecule has 0 heterocycles. The van der Waals surface area contributed by atoms with E-state index in [-0.39, 0.29) is 24.8 Å². The first-order valence-electron chi connectivity index (χ1n) is 8.23. The van der Waals surface area contributed by atoms with Crippen LogP contribution in [0.4, 0.5) is 0 Å². The quantitative estimate of drug-likeness (QED) is 0.436. The Bertz CT molecular complexity index is 155. The lowest BCUT2D eigenvalue weighted by Crippen LogP contribution is -2.24. The fourth-order valence-corrected chi connectivity index (χ4v) is 2.19. The summed E-state index contributed by atoms with van der Waals surface area (Å²) in [6, 6.07) is 0.338. The van der Waals surface area contributed by atoms with E-state index in [0.29, 0.717) is 6.04 Å². The minimum atomic E-state index is 0. The summed E-state index contributed by atoms with van der Waals surface area (Å²) >= 11 is 0. The van der Waals surface area contributed by atoms with Crippen LogP contribution in [0.2, 0.25) is 0 Å². The van der Waals surface area contributed by atoms with E-state index in [1.807, 2.05) is 0 Å². The van der Waals surface area contributed by atoms with Crippen molar-refractivity contribution >= 4 is 24.8 Å². The zero-order chi connectivity index (χ0) is 13.5. The molecule has 0 aromatic rings. The molecule has 3 N–H and O–H groups in total. The fraction of sp³-hybridized carbons (Fsp3) is 1.00. The van der Waals surface area contributed by atoms with Crippen LogP contribution in [-0.4, -0.2) is 19.1 Å². The average molecular weight is 329 g/mol. The molecular weight excluding hydrogens is 291 g/mol. The topological polar surface area (TPSA) is 38.0 Å². The molecule has 0 saturated heterocycles. The number of nitrogens with two attached hydrogens (primary N) is 1. The van der Waals surface area contributed by atoms with Gasteiger partial charge in [0.05, 0.1) is 0 Å². The molecule has 0 aromatic heterocycles. The number of hydrogen-bond donors (Lipinski definition) is 2. The monoisotopic (exact) mass is 328 g/mol. The zero-order valence-electron chi connectivity index (χ0n) is 13.7. The molecule has 4 heteroatoms. The normalized spacial score (nSPS) is 11.6. The molecule has 0 rings (SSSR count). The summed E-state index contributed by atoms with van der Waals surface area (Å²) in [5, 5.41) is 3.46. The van der Waals surface area contributed by atoms with Gasteiger partial charge in [-0.1, -0.05) is 64.7 Å². The van der Waals surface area contributed by atoms with Gasteiger partial charge >= 0.3 is 0 Å². The SMILES string of the molecule is CCCCCCCCCCCCNCCC(C)N.Cl.Cl. The van der Waals surface area contributed by atoms with E-state index < -0.39 is 0 Å². The Morgan fingerprint density at radius 1 is 0.750 bits per heavy atom. The molecule has 0 aromatic carbocycles. The van der Waals surface area contributed by atoms with E-state index in [1.165, 1.54) is 70.8 Å². The third kappa shape index (κ3) is 23.6. The number of hydrogen-bond acceptors (Lipinski definition) is 2. The summed E-state index contributed by atoms with van der Waals surface area (Å²) in [7, 11) is 0. The highest BCUT2D eigenvalue weighted by molar-refractivity contribution is 5.85. The van der Waals surface area contributed by atoms with E-state index >= 15 is 0 Å². The van der Waals surface area contributed by atoms with Crippen molar-refractivity contribution < 1.29 is 0 Å².